The minimum atomic E-state index is -0.447. The van der Waals surface area contributed by atoms with Gasteiger partial charge in [-0.05, 0) is 48.2 Å². The smallest absolute Gasteiger partial charge is 0.147 e. The molecule has 2 atom stereocenters. The molecular weight excluding hydrogens is 328 g/mol. The lowest BCUT2D eigenvalue weighted by Crippen LogP contribution is -2.64. The van der Waals surface area contributed by atoms with E-state index in [9.17, 15) is 8.78 Å². The van der Waals surface area contributed by atoms with Crippen LogP contribution < -0.4 is 5.32 Å². The maximum Gasteiger partial charge on any atom is 0.147 e. The first-order valence-electron chi connectivity index (χ1n) is 7.09. The molecule has 2 nitrogen and oxygen atoms in total. The number of ether oxygens (including phenoxy) is 1. The van der Waals surface area contributed by atoms with Crippen LogP contribution in [0.25, 0.3) is 0 Å². The second kappa shape index (κ2) is 5.26. The van der Waals surface area contributed by atoms with Crippen LogP contribution >= 0.6 is 15.9 Å². The Morgan fingerprint density at radius 3 is 2.70 bits per heavy atom. The van der Waals surface area contributed by atoms with Crippen LogP contribution in [-0.2, 0) is 4.74 Å². The zero-order chi connectivity index (χ0) is 14.3. The molecule has 110 valence electrons. The Kier molecular flexibility index (Phi) is 3.75. The third-order valence-electron chi connectivity index (χ3n) is 4.78. The predicted octanol–water partition coefficient (Wildman–Crippen LogP) is 4.49. The van der Waals surface area contributed by atoms with E-state index in [-0.39, 0.29) is 27.7 Å². The first-order chi connectivity index (χ1) is 9.56. The Balaban J connectivity index is 1.74. The summed E-state index contributed by atoms with van der Waals surface area (Å²) < 4.78 is 33.3. The van der Waals surface area contributed by atoms with E-state index in [0.29, 0.717) is 6.61 Å². The van der Waals surface area contributed by atoms with Gasteiger partial charge in [-0.2, -0.15) is 0 Å². The SMILES string of the molecule is CCOC1CC(Nc2cc(F)c(Br)cc2F)C12CCC2. The number of anilines is 1. The van der Waals surface area contributed by atoms with Gasteiger partial charge in [-0.1, -0.05) is 6.42 Å². The van der Waals surface area contributed by atoms with Crippen LogP contribution in [0.2, 0.25) is 0 Å². The van der Waals surface area contributed by atoms with Gasteiger partial charge >= 0.3 is 0 Å². The van der Waals surface area contributed by atoms with E-state index in [4.69, 9.17) is 4.74 Å². The molecule has 0 aliphatic heterocycles. The van der Waals surface area contributed by atoms with Crippen molar-refractivity contribution in [1.29, 1.82) is 0 Å². The van der Waals surface area contributed by atoms with Crippen molar-refractivity contribution in [3.8, 4) is 0 Å². The van der Waals surface area contributed by atoms with Gasteiger partial charge in [-0.15, -0.1) is 0 Å². The van der Waals surface area contributed by atoms with Crippen molar-refractivity contribution in [1.82, 2.24) is 0 Å². The van der Waals surface area contributed by atoms with Crippen LogP contribution in [0.3, 0.4) is 0 Å². The lowest BCUT2D eigenvalue weighted by molar-refractivity contribution is -0.157. The van der Waals surface area contributed by atoms with E-state index in [1.807, 2.05) is 6.92 Å². The Morgan fingerprint density at radius 1 is 1.35 bits per heavy atom. The molecule has 2 unspecified atom stereocenters. The lowest BCUT2D eigenvalue weighted by atomic mass is 9.51. The lowest BCUT2D eigenvalue weighted by Gasteiger charge is -2.61. The van der Waals surface area contributed by atoms with Gasteiger partial charge in [-0.25, -0.2) is 8.78 Å². The molecule has 20 heavy (non-hydrogen) atoms. The molecule has 2 aliphatic rings. The number of halogens is 3. The molecule has 1 N–H and O–H groups in total. The summed E-state index contributed by atoms with van der Waals surface area (Å²) in [4.78, 5) is 0. The number of hydrogen-bond acceptors (Lipinski definition) is 2. The zero-order valence-corrected chi connectivity index (χ0v) is 13.0. The summed E-state index contributed by atoms with van der Waals surface area (Å²) in [5, 5.41) is 3.18. The fourth-order valence-corrected chi connectivity index (χ4v) is 3.78. The maximum absolute atomic E-state index is 13.9. The van der Waals surface area contributed by atoms with E-state index < -0.39 is 11.6 Å². The van der Waals surface area contributed by atoms with Crippen molar-refractivity contribution in [3.63, 3.8) is 0 Å². The van der Waals surface area contributed by atoms with Crippen LogP contribution in [0.15, 0.2) is 16.6 Å². The summed E-state index contributed by atoms with van der Waals surface area (Å²) >= 11 is 2.99. The highest BCUT2D eigenvalue weighted by Crippen LogP contribution is 2.58. The van der Waals surface area contributed by atoms with Crippen molar-refractivity contribution in [3.05, 3.63) is 28.2 Å². The van der Waals surface area contributed by atoms with Gasteiger partial charge in [0.15, 0.2) is 0 Å². The third-order valence-corrected chi connectivity index (χ3v) is 5.38. The standard InChI is InChI=1S/C15H18BrF2NO/c1-2-20-14-8-13(15(14)4-3-5-15)19-12-7-10(17)9(16)6-11(12)18/h6-7,13-14,19H,2-5,8H2,1H3. The summed E-state index contributed by atoms with van der Waals surface area (Å²) in [6.45, 7) is 2.71. The van der Waals surface area contributed by atoms with E-state index >= 15 is 0 Å². The molecule has 1 aromatic carbocycles. The average Bonchev–Trinajstić information content (AvgIpc) is 2.32. The Bertz CT molecular complexity index is 519. The van der Waals surface area contributed by atoms with E-state index in [1.54, 1.807) is 0 Å². The fraction of sp³-hybridized carbons (Fsp3) is 0.600. The van der Waals surface area contributed by atoms with Crippen molar-refractivity contribution < 1.29 is 13.5 Å². The van der Waals surface area contributed by atoms with Gasteiger partial charge in [-0.3, -0.25) is 0 Å². The summed E-state index contributed by atoms with van der Waals surface area (Å²) in [5.41, 5.74) is 0.378. The van der Waals surface area contributed by atoms with Gasteiger partial charge in [0, 0.05) is 24.1 Å². The maximum atomic E-state index is 13.9. The Labute approximate surface area is 126 Å². The van der Waals surface area contributed by atoms with Gasteiger partial charge in [0.05, 0.1) is 16.3 Å². The highest BCUT2D eigenvalue weighted by atomic mass is 79.9. The van der Waals surface area contributed by atoms with Crippen LogP contribution in [-0.4, -0.2) is 18.8 Å². The first-order valence-corrected chi connectivity index (χ1v) is 7.89. The van der Waals surface area contributed by atoms with Gasteiger partial charge in [0.1, 0.15) is 11.6 Å². The quantitative estimate of drug-likeness (QED) is 0.812. The van der Waals surface area contributed by atoms with E-state index in [1.165, 1.54) is 18.6 Å². The monoisotopic (exact) mass is 345 g/mol. The Hall–Kier alpha value is -0.680. The summed E-state index contributed by atoms with van der Waals surface area (Å²) in [5.74, 6) is -0.871. The number of nitrogens with one attached hydrogen (secondary N) is 1. The van der Waals surface area contributed by atoms with Gasteiger partial charge in [0.2, 0.25) is 0 Å². The molecule has 0 amide bonds. The van der Waals surface area contributed by atoms with E-state index in [2.05, 4.69) is 21.2 Å². The molecule has 0 bridgehead atoms. The van der Waals surface area contributed by atoms with Crippen molar-refractivity contribution in [2.45, 2.75) is 44.8 Å². The molecule has 2 aliphatic carbocycles. The second-order valence-electron chi connectivity index (χ2n) is 5.71. The molecule has 1 spiro atoms. The predicted molar refractivity (Wildman–Crippen MR) is 77.8 cm³/mol. The highest BCUT2D eigenvalue weighted by molar-refractivity contribution is 9.10. The van der Waals surface area contributed by atoms with Crippen molar-refractivity contribution >= 4 is 21.6 Å². The van der Waals surface area contributed by atoms with E-state index in [0.717, 1.165) is 19.3 Å². The molecule has 2 saturated carbocycles. The highest BCUT2D eigenvalue weighted by Gasteiger charge is 2.59. The fourth-order valence-electron chi connectivity index (χ4n) is 3.46. The second-order valence-corrected chi connectivity index (χ2v) is 6.56. The minimum Gasteiger partial charge on any atom is -0.379 e. The van der Waals surface area contributed by atoms with Gasteiger partial charge < -0.3 is 10.1 Å². The van der Waals surface area contributed by atoms with Crippen molar-refractivity contribution in [2.24, 2.45) is 5.41 Å². The minimum absolute atomic E-state index is 0.131. The van der Waals surface area contributed by atoms with Gasteiger partial charge in [0.25, 0.3) is 0 Å². The molecule has 0 radical (unpaired) electrons. The summed E-state index contributed by atoms with van der Waals surface area (Å²) in [6.07, 6.45) is 4.54. The summed E-state index contributed by atoms with van der Waals surface area (Å²) in [7, 11) is 0. The Morgan fingerprint density at radius 2 is 2.10 bits per heavy atom. The molecule has 0 heterocycles. The largest absolute Gasteiger partial charge is 0.379 e. The molecule has 1 aromatic rings. The molecule has 0 aromatic heterocycles. The van der Waals surface area contributed by atoms with Crippen LogP contribution in [0.5, 0.6) is 0 Å². The summed E-state index contributed by atoms with van der Waals surface area (Å²) in [6, 6.07) is 2.58. The van der Waals surface area contributed by atoms with Crippen LogP contribution in [0.4, 0.5) is 14.5 Å². The molecule has 2 fully saturated rings. The normalized spacial score (nSPS) is 27.0. The molecule has 5 heteroatoms. The number of rotatable bonds is 4. The number of hydrogen-bond donors (Lipinski definition) is 1. The zero-order valence-electron chi connectivity index (χ0n) is 11.4. The average molecular weight is 346 g/mol. The third kappa shape index (κ3) is 2.15. The number of benzene rings is 1. The molecule has 0 saturated heterocycles. The molecule has 3 rings (SSSR count). The van der Waals surface area contributed by atoms with Crippen LogP contribution in [0.1, 0.15) is 32.6 Å². The van der Waals surface area contributed by atoms with Crippen LogP contribution in [0, 0.1) is 17.0 Å². The first kappa shape index (κ1) is 14.3. The topological polar surface area (TPSA) is 21.3 Å². The molecular formula is C15H18BrF2NO. The van der Waals surface area contributed by atoms with Crippen molar-refractivity contribution in [2.75, 3.05) is 11.9 Å².